The van der Waals surface area contributed by atoms with Gasteiger partial charge in [0.25, 0.3) is 5.91 Å². The number of carboxylic acid groups (broad SMARTS) is 1. The minimum Gasteiger partial charge on any atom is -0.481 e. The van der Waals surface area contributed by atoms with E-state index in [0.717, 1.165) is 48.4 Å². The lowest BCUT2D eigenvalue weighted by molar-refractivity contribution is -0.150. The van der Waals surface area contributed by atoms with Gasteiger partial charge in [0.15, 0.2) is 6.10 Å². The molecule has 12 nitrogen and oxygen atoms in total. The summed E-state index contributed by atoms with van der Waals surface area (Å²) in [4.78, 5) is 75.0. The molecule has 1 aromatic heterocycles. The second-order valence-corrected chi connectivity index (χ2v) is 16.9. The topological polar surface area (TPSA) is 158 Å². The van der Waals surface area contributed by atoms with E-state index >= 15 is 0 Å². The number of carbonyl (C=O) groups excluding carboxylic acids is 4. The third kappa shape index (κ3) is 12.8. The fourth-order valence-corrected chi connectivity index (χ4v) is 8.44. The SMILES string of the molecule is CCC(C)C(NC(=O)C1CCCCN1C)C(=O)N(Cc1ccccc1)[C@H](C[C@@H](OC(C)=O)c1nc(C(=O)NCC[C@@H](C(=O)O)c2cc(C(F)(F)F)ccc2C)cs1)C(C)C. The van der Waals surface area contributed by atoms with Crippen LogP contribution in [0, 0.1) is 18.8 Å². The number of hydrogen-bond acceptors (Lipinski definition) is 9. The summed E-state index contributed by atoms with van der Waals surface area (Å²) in [5.74, 6) is -4.72. The van der Waals surface area contributed by atoms with Gasteiger partial charge in [0.05, 0.1) is 17.5 Å². The zero-order valence-electron chi connectivity index (χ0n) is 35.4. The number of carbonyl (C=O) groups is 5. The molecule has 60 heavy (non-hydrogen) atoms. The van der Waals surface area contributed by atoms with E-state index in [0.29, 0.717) is 23.4 Å². The number of amides is 3. The maximum Gasteiger partial charge on any atom is 0.416 e. The number of hydrogen-bond donors (Lipinski definition) is 3. The van der Waals surface area contributed by atoms with Crippen molar-refractivity contribution in [3.05, 3.63) is 86.9 Å². The summed E-state index contributed by atoms with van der Waals surface area (Å²) in [5.41, 5.74) is 0.246. The van der Waals surface area contributed by atoms with Gasteiger partial charge in [0, 0.05) is 37.9 Å². The van der Waals surface area contributed by atoms with Crippen molar-refractivity contribution in [2.75, 3.05) is 20.1 Å². The number of ether oxygens (including phenoxy) is 1. The highest BCUT2D eigenvalue weighted by atomic mass is 32.1. The van der Waals surface area contributed by atoms with Crippen molar-refractivity contribution in [2.45, 2.75) is 123 Å². The smallest absolute Gasteiger partial charge is 0.416 e. The Morgan fingerprint density at radius 2 is 1.77 bits per heavy atom. The van der Waals surface area contributed by atoms with Crippen molar-refractivity contribution in [1.82, 2.24) is 25.4 Å². The molecule has 1 aliphatic rings. The Balaban J connectivity index is 1.58. The van der Waals surface area contributed by atoms with E-state index in [2.05, 4.69) is 15.6 Å². The van der Waals surface area contributed by atoms with Gasteiger partial charge >= 0.3 is 18.1 Å². The summed E-state index contributed by atoms with van der Waals surface area (Å²) in [6.07, 6.45) is -2.44. The largest absolute Gasteiger partial charge is 0.481 e. The summed E-state index contributed by atoms with van der Waals surface area (Å²) in [6.45, 7) is 11.4. The number of alkyl halides is 3. The third-order valence-electron chi connectivity index (χ3n) is 11.3. The highest BCUT2D eigenvalue weighted by Crippen LogP contribution is 2.35. The summed E-state index contributed by atoms with van der Waals surface area (Å²) in [6, 6.07) is 10.7. The average molecular weight is 858 g/mol. The lowest BCUT2D eigenvalue weighted by Gasteiger charge is -2.40. The molecule has 16 heteroatoms. The van der Waals surface area contributed by atoms with Gasteiger partial charge in [-0.1, -0.05) is 76.9 Å². The number of nitrogens with one attached hydrogen (secondary N) is 2. The number of carboxylic acids is 1. The molecule has 0 radical (unpaired) electrons. The van der Waals surface area contributed by atoms with Gasteiger partial charge in [-0.05, 0) is 80.4 Å². The molecule has 4 rings (SSSR count). The number of benzene rings is 2. The van der Waals surface area contributed by atoms with Crippen LogP contribution in [0.3, 0.4) is 0 Å². The molecule has 2 heterocycles. The minimum absolute atomic E-state index is 0.000849. The number of aromatic nitrogens is 1. The molecular formula is C44H58F3N5O7S. The maximum atomic E-state index is 14.9. The van der Waals surface area contributed by atoms with E-state index in [1.165, 1.54) is 25.3 Å². The van der Waals surface area contributed by atoms with Gasteiger partial charge in [-0.3, -0.25) is 28.9 Å². The second kappa shape index (κ2) is 21.6. The van der Waals surface area contributed by atoms with Crippen molar-refractivity contribution in [2.24, 2.45) is 11.8 Å². The Bertz CT molecular complexity index is 1940. The Labute approximate surface area is 354 Å². The first-order chi connectivity index (χ1) is 28.3. The number of piperidine rings is 1. The quantitative estimate of drug-likeness (QED) is 0.104. The van der Waals surface area contributed by atoms with Crippen molar-refractivity contribution in [1.29, 1.82) is 0 Å². The first kappa shape index (κ1) is 47.8. The van der Waals surface area contributed by atoms with Gasteiger partial charge in [-0.2, -0.15) is 13.2 Å². The van der Waals surface area contributed by atoms with Crippen molar-refractivity contribution >= 4 is 41.0 Å². The van der Waals surface area contributed by atoms with Crippen molar-refractivity contribution < 1.29 is 47.0 Å². The van der Waals surface area contributed by atoms with E-state index in [1.807, 2.05) is 70.0 Å². The molecule has 6 atom stereocenters. The first-order valence-corrected chi connectivity index (χ1v) is 21.4. The van der Waals surface area contributed by atoms with Gasteiger partial charge in [-0.15, -0.1) is 11.3 Å². The molecular weight excluding hydrogens is 800 g/mol. The van der Waals surface area contributed by atoms with Crippen LogP contribution in [0.2, 0.25) is 0 Å². The number of thiazole rings is 1. The van der Waals surface area contributed by atoms with Crippen molar-refractivity contribution in [3.63, 3.8) is 0 Å². The van der Waals surface area contributed by atoms with E-state index in [4.69, 9.17) is 4.74 Å². The van der Waals surface area contributed by atoms with Crippen LogP contribution in [0.25, 0.3) is 0 Å². The number of nitrogens with zero attached hydrogens (tertiary/aromatic N) is 3. The Kier molecular flexibility index (Phi) is 17.2. The predicted molar refractivity (Wildman–Crippen MR) is 222 cm³/mol. The fraction of sp³-hybridized carbons (Fsp3) is 0.545. The number of halogens is 3. The molecule has 1 fully saturated rings. The molecule has 3 N–H and O–H groups in total. The molecule has 0 saturated carbocycles. The predicted octanol–water partition coefficient (Wildman–Crippen LogP) is 7.52. The van der Waals surface area contributed by atoms with Gasteiger partial charge in [0.2, 0.25) is 11.8 Å². The standard InChI is InChI=1S/C44H58F3N5O7S/c1-8-27(4)38(50-40(55)35-16-12-13-21-51(35)7)42(56)52(24-30-14-10-9-11-15-30)36(26(2)3)23-37(59-29(6)53)41-49-34(25-60-41)39(54)48-20-19-32(43(57)58)33-22-31(44(45,46)47)18-17-28(33)5/h9-11,14-15,17-18,22,25-27,32,35-38H,8,12-13,16,19-21,23-24H2,1-7H3,(H,48,54)(H,50,55)(H,57,58)/t27?,32-,35?,36-,37-,38?/m1/s1. The van der Waals surface area contributed by atoms with Crippen LogP contribution in [0.1, 0.15) is 123 Å². The fourth-order valence-electron chi connectivity index (χ4n) is 7.60. The molecule has 328 valence electrons. The highest BCUT2D eigenvalue weighted by molar-refractivity contribution is 7.09. The second-order valence-electron chi connectivity index (χ2n) is 16.0. The van der Waals surface area contributed by atoms with Crippen LogP contribution in [0.5, 0.6) is 0 Å². The first-order valence-electron chi connectivity index (χ1n) is 20.5. The summed E-state index contributed by atoms with van der Waals surface area (Å²) >= 11 is 1.08. The number of esters is 1. The van der Waals surface area contributed by atoms with E-state index in [-0.39, 0.29) is 66.9 Å². The van der Waals surface area contributed by atoms with E-state index < -0.39 is 53.7 Å². The van der Waals surface area contributed by atoms with Crippen LogP contribution in [-0.4, -0.2) is 87.8 Å². The van der Waals surface area contributed by atoms with E-state index in [9.17, 15) is 42.3 Å². The van der Waals surface area contributed by atoms with Gasteiger partial charge in [0.1, 0.15) is 16.7 Å². The number of likely N-dealkylation sites (tertiary alicyclic amines) is 1. The maximum absolute atomic E-state index is 14.9. The molecule has 0 bridgehead atoms. The number of aliphatic carboxylic acids is 1. The van der Waals surface area contributed by atoms with E-state index in [1.54, 1.807) is 4.90 Å². The zero-order chi connectivity index (χ0) is 44.3. The zero-order valence-corrected chi connectivity index (χ0v) is 36.2. The van der Waals surface area contributed by atoms with Crippen LogP contribution in [0.4, 0.5) is 13.2 Å². The lowest BCUT2D eigenvalue weighted by Crippen LogP contribution is -2.58. The van der Waals surface area contributed by atoms with Gasteiger partial charge < -0.3 is 25.4 Å². The Hall–Kier alpha value is -4.83. The molecule has 1 saturated heterocycles. The van der Waals surface area contributed by atoms with Crippen LogP contribution in [0.15, 0.2) is 53.9 Å². The van der Waals surface area contributed by atoms with Crippen molar-refractivity contribution in [3.8, 4) is 0 Å². The molecule has 1 aliphatic heterocycles. The summed E-state index contributed by atoms with van der Waals surface area (Å²) < 4.78 is 46.1. The number of likely N-dealkylation sites (N-methyl/N-ethyl adjacent to an activating group) is 1. The molecule has 3 aromatic rings. The average Bonchev–Trinajstić information content (AvgIpc) is 3.69. The highest BCUT2D eigenvalue weighted by Gasteiger charge is 2.39. The molecule has 2 aromatic carbocycles. The van der Waals surface area contributed by atoms with Crippen LogP contribution in [-0.2, 0) is 36.6 Å². The number of rotatable bonds is 19. The Morgan fingerprint density at radius 1 is 1.07 bits per heavy atom. The van der Waals surface area contributed by atoms with Crippen LogP contribution >= 0.6 is 11.3 Å². The Morgan fingerprint density at radius 3 is 2.37 bits per heavy atom. The monoisotopic (exact) mass is 857 g/mol. The molecule has 3 amide bonds. The minimum atomic E-state index is -4.66. The van der Waals surface area contributed by atoms with Gasteiger partial charge in [-0.25, -0.2) is 4.98 Å². The summed E-state index contributed by atoms with van der Waals surface area (Å²) in [5, 5.41) is 17.4. The number of aryl methyl sites for hydroxylation is 1. The lowest BCUT2D eigenvalue weighted by atomic mass is 9.90. The van der Waals surface area contributed by atoms with Crippen LogP contribution < -0.4 is 10.6 Å². The third-order valence-corrected chi connectivity index (χ3v) is 12.2. The summed E-state index contributed by atoms with van der Waals surface area (Å²) in [7, 11) is 1.92. The normalized spacial score (nSPS) is 17.2. The molecule has 3 unspecified atom stereocenters. The molecule has 0 aliphatic carbocycles. The molecule has 0 spiro atoms.